The Morgan fingerprint density at radius 3 is 2.74 bits per heavy atom. The Labute approximate surface area is 176 Å². The number of hydrogen-bond donors (Lipinski definition) is 1. The molecule has 10 heteroatoms. The van der Waals surface area contributed by atoms with Gasteiger partial charge >= 0.3 is 6.18 Å². The van der Waals surface area contributed by atoms with Crippen LogP contribution in [-0.4, -0.2) is 38.1 Å². The van der Waals surface area contributed by atoms with Crippen molar-refractivity contribution < 1.29 is 22.7 Å². The van der Waals surface area contributed by atoms with Crippen molar-refractivity contribution in [1.29, 1.82) is 0 Å². The van der Waals surface area contributed by atoms with Crippen LogP contribution >= 0.6 is 0 Å². The fourth-order valence-corrected chi connectivity index (χ4v) is 3.81. The minimum atomic E-state index is -4.46. The number of amides is 1. The maximum Gasteiger partial charge on any atom is 0.416 e. The summed E-state index contributed by atoms with van der Waals surface area (Å²) >= 11 is 0. The second kappa shape index (κ2) is 8.26. The standard InChI is InChI=1S/C21H22F3N5O2/c1-3-29-16-7-6-13(21(22,23)24)9-14(16)27-19(29)18(17-5-4-8-31-17)28-20(30)15-11-25-12(2)10-26-15/h6-7,9-11,17-18H,3-5,8H2,1-2H3,(H,28,30). The summed E-state index contributed by atoms with van der Waals surface area (Å²) in [5, 5.41) is 2.92. The van der Waals surface area contributed by atoms with E-state index in [9.17, 15) is 18.0 Å². The van der Waals surface area contributed by atoms with Gasteiger partial charge < -0.3 is 14.6 Å². The number of carbonyl (C=O) groups is 1. The molecular formula is C21H22F3N5O2. The first-order valence-electron chi connectivity index (χ1n) is 10.1. The maximum absolute atomic E-state index is 13.2. The molecule has 3 heterocycles. The van der Waals surface area contributed by atoms with Gasteiger partial charge in [-0.15, -0.1) is 0 Å². The van der Waals surface area contributed by atoms with Gasteiger partial charge in [-0.3, -0.25) is 9.78 Å². The summed E-state index contributed by atoms with van der Waals surface area (Å²) in [6, 6.07) is 2.85. The fraction of sp³-hybridized carbons (Fsp3) is 0.429. The molecule has 3 aromatic rings. The fourth-order valence-electron chi connectivity index (χ4n) is 3.81. The van der Waals surface area contributed by atoms with Crippen LogP contribution in [-0.2, 0) is 17.5 Å². The van der Waals surface area contributed by atoms with E-state index in [-0.39, 0.29) is 17.3 Å². The van der Waals surface area contributed by atoms with Crippen LogP contribution in [0.5, 0.6) is 0 Å². The van der Waals surface area contributed by atoms with Crippen molar-refractivity contribution in [3.8, 4) is 0 Å². The van der Waals surface area contributed by atoms with E-state index < -0.39 is 23.7 Å². The zero-order valence-electron chi connectivity index (χ0n) is 17.1. The molecule has 1 fully saturated rings. The lowest BCUT2D eigenvalue weighted by atomic mass is 10.1. The zero-order valence-corrected chi connectivity index (χ0v) is 17.1. The molecule has 1 saturated heterocycles. The normalized spacial score (nSPS) is 17.8. The average Bonchev–Trinajstić information content (AvgIpc) is 3.39. The molecule has 0 radical (unpaired) electrons. The van der Waals surface area contributed by atoms with E-state index >= 15 is 0 Å². The Bertz CT molecular complexity index is 1090. The second-order valence-corrected chi connectivity index (χ2v) is 7.46. The largest absolute Gasteiger partial charge is 0.416 e. The summed E-state index contributed by atoms with van der Waals surface area (Å²) in [6.45, 7) is 4.66. The lowest BCUT2D eigenvalue weighted by Gasteiger charge is -2.24. The molecule has 1 amide bonds. The number of imidazole rings is 1. The SMILES string of the molecule is CCn1c(C(NC(=O)c2cnc(C)cn2)C2CCCO2)nc2cc(C(F)(F)F)ccc21. The van der Waals surface area contributed by atoms with Gasteiger partial charge in [0.25, 0.3) is 5.91 Å². The summed E-state index contributed by atoms with van der Waals surface area (Å²) in [5.41, 5.74) is 0.851. The summed E-state index contributed by atoms with van der Waals surface area (Å²) in [5.74, 6) is 0.0100. The van der Waals surface area contributed by atoms with Crippen LogP contribution in [0.4, 0.5) is 13.2 Å². The highest BCUT2D eigenvalue weighted by Crippen LogP contribution is 2.34. The average molecular weight is 433 g/mol. The number of rotatable bonds is 5. The number of halogens is 3. The van der Waals surface area contributed by atoms with Crippen LogP contribution in [0.3, 0.4) is 0 Å². The lowest BCUT2D eigenvalue weighted by molar-refractivity contribution is -0.137. The molecule has 1 N–H and O–H groups in total. The highest BCUT2D eigenvalue weighted by atomic mass is 19.4. The van der Waals surface area contributed by atoms with Crippen molar-refractivity contribution in [3.63, 3.8) is 0 Å². The van der Waals surface area contributed by atoms with E-state index in [1.165, 1.54) is 18.5 Å². The van der Waals surface area contributed by atoms with Gasteiger partial charge in [0, 0.05) is 19.3 Å². The number of nitrogens with zero attached hydrogens (tertiary/aromatic N) is 4. The number of alkyl halides is 3. The summed E-state index contributed by atoms with van der Waals surface area (Å²) < 4.78 is 47.1. The molecule has 1 aromatic carbocycles. The first kappa shape index (κ1) is 21.2. The van der Waals surface area contributed by atoms with Crippen LogP contribution in [0.15, 0.2) is 30.6 Å². The molecule has 7 nitrogen and oxygen atoms in total. The Hall–Kier alpha value is -3.01. The zero-order chi connectivity index (χ0) is 22.2. The Morgan fingerprint density at radius 1 is 1.32 bits per heavy atom. The van der Waals surface area contributed by atoms with Crippen molar-refractivity contribution in [3.05, 3.63) is 53.4 Å². The number of ether oxygens (including phenoxy) is 1. The van der Waals surface area contributed by atoms with E-state index in [0.29, 0.717) is 36.6 Å². The van der Waals surface area contributed by atoms with Crippen LogP contribution < -0.4 is 5.32 Å². The van der Waals surface area contributed by atoms with Crippen molar-refractivity contribution in [2.45, 2.75) is 51.6 Å². The Kier molecular flexibility index (Phi) is 5.65. The molecule has 2 unspecified atom stereocenters. The smallest absolute Gasteiger partial charge is 0.376 e. The molecule has 0 saturated carbocycles. The predicted octanol–water partition coefficient (Wildman–Crippen LogP) is 3.82. The lowest BCUT2D eigenvalue weighted by Crippen LogP contribution is -2.38. The van der Waals surface area contributed by atoms with Gasteiger partial charge in [0.2, 0.25) is 0 Å². The van der Waals surface area contributed by atoms with Gasteiger partial charge in [-0.1, -0.05) is 0 Å². The highest BCUT2D eigenvalue weighted by Gasteiger charge is 2.35. The molecule has 0 bridgehead atoms. The summed E-state index contributed by atoms with van der Waals surface area (Å²) in [6.07, 6.45) is -0.397. The summed E-state index contributed by atoms with van der Waals surface area (Å²) in [4.78, 5) is 25.5. The number of fused-ring (bicyclic) bond motifs is 1. The van der Waals surface area contributed by atoms with Gasteiger partial charge in [-0.2, -0.15) is 13.2 Å². The molecule has 1 aliphatic rings. The summed E-state index contributed by atoms with van der Waals surface area (Å²) in [7, 11) is 0. The minimum absolute atomic E-state index is 0.145. The topological polar surface area (TPSA) is 81.9 Å². The number of hydrogen-bond acceptors (Lipinski definition) is 5. The third kappa shape index (κ3) is 4.25. The van der Waals surface area contributed by atoms with Crippen LogP contribution in [0.25, 0.3) is 11.0 Å². The Balaban J connectivity index is 1.75. The molecule has 2 atom stereocenters. The van der Waals surface area contributed by atoms with E-state index in [2.05, 4.69) is 20.3 Å². The van der Waals surface area contributed by atoms with Crippen LogP contribution in [0, 0.1) is 6.92 Å². The van der Waals surface area contributed by atoms with E-state index in [0.717, 1.165) is 18.6 Å². The van der Waals surface area contributed by atoms with Crippen LogP contribution in [0.1, 0.15) is 53.4 Å². The number of aromatic nitrogens is 4. The first-order chi connectivity index (χ1) is 14.8. The number of benzene rings is 1. The molecule has 31 heavy (non-hydrogen) atoms. The van der Waals surface area contributed by atoms with Gasteiger partial charge in [0.1, 0.15) is 17.6 Å². The van der Waals surface area contributed by atoms with Crippen LogP contribution in [0.2, 0.25) is 0 Å². The maximum atomic E-state index is 13.2. The van der Waals surface area contributed by atoms with Gasteiger partial charge in [0.05, 0.1) is 34.6 Å². The Morgan fingerprint density at radius 2 is 2.13 bits per heavy atom. The van der Waals surface area contributed by atoms with Crippen molar-refractivity contribution in [2.75, 3.05) is 6.61 Å². The molecule has 1 aliphatic heterocycles. The molecule has 0 spiro atoms. The predicted molar refractivity (Wildman–Crippen MR) is 106 cm³/mol. The van der Waals surface area contributed by atoms with Gasteiger partial charge in [0.15, 0.2) is 0 Å². The quantitative estimate of drug-likeness (QED) is 0.662. The molecule has 0 aliphatic carbocycles. The second-order valence-electron chi connectivity index (χ2n) is 7.46. The monoisotopic (exact) mass is 433 g/mol. The number of nitrogens with one attached hydrogen (secondary N) is 1. The number of aryl methyl sites for hydroxylation is 2. The molecule has 2 aromatic heterocycles. The third-order valence-corrected chi connectivity index (χ3v) is 5.34. The molecule has 4 rings (SSSR count). The number of carbonyl (C=O) groups excluding carboxylic acids is 1. The molecule has 164 valence electrons. The van der Waals surface area contributed by atoms with Crippen molar-refractivity contribution in [1.82, 2.24) is 24.8 Å². The van der Waals surface area contributed by atoms with E-state index in [1.807, 2.05) is 11.5 Å². The van der Waals surface area contributed by atoms with Crippen molar-refractivity contribution >= 4 is 16.9 Å². The highest BCUT2D eigenvalue weighted by molar-refractivity contribution is 5.92. The minimum Gasteiger partial charge on any atom is -0.376 e. The molecular weight excluding hydrogens is 411 g/mol. The van der Waals surface area contributed by atoms with Gasteiger partial charge in [-0.05, 0) is 44.9 Å². The first-order valence-corrected chi connectivity index (χ1v) is 10.1. The van der Waals surface area contributed by atoms with E-state index in [1.54, 1.807) is 6.92 Å². The van der Waals surface area contributed by atoms with Crippen molar-refractivity contribution in [2.24, 2.45) is 0 Å². The van der Waals surface area contributed by atoms with Gasteiger partial charge in [-0.25, -0.2) is 9.97 Å². The third-order valence-electron chi connectivity index (χ3n) is 5.34. The van der Waals surface area contributed by atoms with E-state index in [4.69, 9.17) is 4.74 Å².